The SMILES string of the molecule is Cc1cccc(C(CN)C(O)c2ccc(Br)c(Cl)c2)c1. The van der Waals surface area contributed by atoms with Gasteiger partial charge in [-0.3, -0.25) is 0 Å². The fourth-order valence-corrected chi connectivity index (χ4v) is 2.71. The lowest BCUT2D eigenvalue weighted by Gasteiger charge is -2.23. The summed E-state index contributed by atoms with van der Waals surface area (Å²) in [5.74, 6) is -0.146. The van der Waals surface area contributed by atoms with Gasteiger partial charge in [0.2, 0.25) is 0 Å². The Kier molecular flexibility index (Phi) is 5.22. The molecule has 0 aromatic heterocycles. The zero-order valence-electron chi connectivity index (χ0n) is 11.2. The van der Waals surface area contributed by atoms with Crippen molar-refractivity contribution >= 4 is 27.5 Å². The highest BCUT2D eigenvalue weighted by Gasteiger charge is 2.22. The summed E-state index contributed by atoms with van der Waals surface area (Å²) < 4.78 is 0.815. The number of aryl methyl sites for hydroxylation is 1. The summed E-state index contributed by atoms with van der Waals surface area (Å²) in [6.07, 6.45) is -0.674. The van der Waals surface area contributed by atoms with Crippen molar-refractivity contribution in [2.45, 2.75) is 18.9 Å². The van der Waals surface area contributed by atoms with Crippen LogP contribution in [0.25, 0.3) is 0 Å². The molecule has 0 fully saturated rings. The lowest BCUT2D eigenvalue weighted by atomic mass is 9.88. The maximum absolute atomic E-state index is 10.6. The second kappa shape index (κ2) is 6.72. The van der Waals surface area contributed by atoms with Gasteiger partial charge in [-0.1, -0.05) is 47.5 Å². The van der Waals surface area contributed by atoms with E-state index in [0.29, 0.717) is 11.6 Å². The average Bonchev–Trinajstić information content (AvgIpc) is 2.42. The molecule has 0 saturated heterocycles. The van der Waals surface area contributed by atoms with Crippen molar-refractivity contribution < 1.29 is 5.11 Å². The first-order chi connectivity index (χ1) is 9.52. The van der Waals surface area contributed by atoms with Crippen LogP contribution in [0, 0.1) is 6.92 Å². The van der Waals surface area contributed by atoms with E-state index < -0.39 is 6.10 Å². The van der Waals surface area contributed by atoms with Crippen molar-refractivity contribution in [3.05, 3.63) is 68.7 Å². The lowest BCUT2D eigenvalue weighted by Crippen LogP contribution is -2.20. The largest absolute Gasteiger partial charge is 0.388 e. The fraction of sp³-hybridized carbons (Fsp3) is 0.250. The molecular formula is C16H17BrClNO. The molecule has 0 aliphatic carbocycles. The van der Waals surface area contributed by atoms with E-state index in [0.717, 1.165) is 21.2 Å². The van der Waals surface area contributed by atoms with Gasteiger partial charge in [0.25, 0.3) is 0 Å². The quantitative estimate of drug-likeness (QED) is 0.865. The summed E-state index contributed by atoms with van der Waals surface area (Å²) >= 11 is 9.44. The van der Waals surface area contributed by atoms with Crippen molar-refractivity contribution in [2.75, 3.05) is 6.54 Å². The van der Waals surface area contributed by atoms with Crippen LogP contribution in [0.2, 0.25) is 5.02 Å². The zero-order chi connectivity index (χ0) is 14.7. The summed E-state index contributed by atoms with van der Waals surface area (Å²) in [7, 11) is 0. The summed E-state index contributed by atoms with van der Waals surface area (Å²) in [6.45, 7) is 2.40. The van der Waals surface area contributed by atoms with Gasteiger partial charge in [0, 0.05) is 16.9 Å². The van der Waals surface area contributed by atoms with Crippen LogP contribution in [-0.2, 0) is 0 Å². The molecule has 0 aliphatic heterocycles. The number of nitrogens with two attached hydrogens (primary N) is 1. The topological polar surface area (TPSA) is 46.2 Å². The minimum absolute atomic E-state index is 0.146. The highest BCUT2D eigenvalue weighted by atomic mass is 79.9. The van der Waals surface area contributed by atoms with Crippen LogP contribution in [0.1, 0.15) is 28.7 Å². The molecule has 20 heavy (non-hydrogen) atoms. The van der Waals surface area contributed by atoms with Crippen molar-refractivity contribution in [1.29, 1.82) is 0 Å². The second-order valence-electron chi connectivity index (χ2n) is 4.87. The minimum atomic E-state index is -0.674. The Hall–Kier alpha value is -0.870. The molecule has 0 amide bonds. The Labute approximate surface area is 132 Å². The highest BCUT2D eigenvalue weighted by Crippen LogP contribution is 2.33. The molecule has 2 aromatic carbocycles. The van der Waals surface area contributed by atoms with E-state index in [9.17, 15) is 5.11 Å². The van der Waals surface area contributed by atoms with E-state index in [1.54, 1.807) is 6.07 Å². The number of hydrogen-bond acceptors (Lipinski definition) is 2. The Balaban J connectivity index is 2.33. The standard InChI is InChI=1S/C16H17BrClNO/c1-10-3-2-4-11(7-10)13(9-19)16(20)12-5-6-14(17)15(18)8-12/h2-8,13,16,20H,9,19H2,1H3. The van der Waals surface area contributed by atoms with Gasteiger partial charge in [0.1, 0.15) is 0 Å². The zero-order valence-corrected chi connectivity index (χ0v) is 13.5. The molecule has 2 atom stereocenters. The van der Waals surface area contributed by atoms with Gasteiger partial charge in [-0.15, -0.1) is 0 Å². The Morgan fingerprint density at radius 2 is 1.95 bits per heavy atom. The van der Waals surface area contributed by atoms with Crippen LogP contribution in [0.15, 0.2) is 46.9 Å². The molecule has 2 nitrogen and oxygen atoms in total. The van der Waals surface area contributed by atoms with E-state index in [1.165, 1.54) is 0 Å². The van der Waals surface area contributed by atoms with Gasteiger partial charge >= 0.3 is 0 Å². The number of halogens is 2. The number of benzene rings is 2. The third-order valence-electron chi connectivity index (χ3n) is 3.39. The molecule has 0 saturated carbocycles. The third kappa shape index (κ3) is 3.41. The van der Waals surface area contributed by atoms with E-state index in [4.69, 9.17) is 17.3 Å². The van der Waals surface area contributed by atoms with Gasteiger partial charge in [-0.2, -0.15) is 0 Å². The molecule has 0 bridgehead atoms. The smallest absolute Gasteiger partial charge is 0.0871 e. The number of aliphatic hydroxyl groups is 1. The van der Waals surface area contributed by atoms with E-state index in [1.807, 2.05) is 37.3 Å². The van der Waals surface area contributed by atoms with Crippen molar-refractivity contribution in [1.82, 2.24) is 0 Å². The summed E-state index contributed by atoms with van der Waals surface area (Å²) in [6, 6.07) is 13.5. The van der Waals surface area contributed by atoms with Crippen LogP contribution in [0.5, 0.6) is 0 Å². The molecule has 106 valence electrons. The number of aliphatic hydroxyl groups excluding tert-OH is 1. The minimum Gasteiger partial charge on any atom is -0.388 e. The van der Waals surface area contributed by atoms with Crippen molar-refractivity contribution in [2.24, 2.45) is 5.73 Å². The summed E-state index contributed by atoms with van der Waals surface area (Å²) in [4.78, 5) is 0. The number of hydrogen-bond donors (Lipinski definition) is 2. The monoisotopic (exact) mass is 353 g/mol. The van der Waals surface area contributed by atoms with Crippen LogP contribution in [0.4, 0.5) is 0 Å². The Morgan fingerprint density at radius 1 is 1.20 bits per heavy atom. The molecule has 2 aromatic rings. The molecule has 4 heteroatoms. The predicted octanol–water partition coefficient (Wildman–Crippen LogP) is 4.19. The Bertz CT molecular complexity index is 603. The van der Waals surface area contributed by atoms with E-state index in [2.05, 4.69) is 22.0 Å². The summed E-state index contributed by atoms with van der Waals surface area (Å²) in [5, 5.41) is 11.2. The number of rotatable bonds is 4. The maximum Gasteiger partial charge on any atom is 0.0871 e. The van der Waals surface area contributed by atoms with Crippen LogP contribution in [-0.4, -0.2) is 11.7 Å². The van der Waals surface area contributed by atoms with Gasteiger partial charge < -0.3 is 10.8 Å². The molecule has 0 radical (unpaired) electrons. The first-order valence-corrected chi connectivity index (χ1v) is 7.59. The molecular weight excluding hydrogens is 338 g/mol. The van der Waals surface area contributed by atoms with Crippen molar-refractivity contribution in [3.63, 3.8) is 0 Å². The highest BCUT2D eigenvalue weighted by molar-refractivity contribution is 9.10. The third-order valence-corrected chi connectivity index (χ3v) is 4.62. The first-order valence-electron chi connectivity index (χ1n) is 6.42. The molecule has 0 spiro atoms. The van der Waals surface area contributed by atoms with E-state index in [-0.39, 0.29) is 5.92 Å². The average molecular weight is 355 g/mol. The Morgan fingerprint density at radius 3 is 2.55 bits per heavy atom. The normalized spacial score (nSPS) is 14.1. The maximum atomic E-state index is 10.6. The van der Waals surface area contributed by atoms with Crippen molar-refractivity contribution in [3.8, 4) is 0 Å². The van der Waals surface area contributed by atoms with Crippen LogP contribution in [0.3, 0.4) is 0 Å². The van der Waals surface area contributed by atoms with Gasteiger partial charge in [-0.05, 0) is 46.1 Å². The van der Waals surface area contributed by atoms with Crippen LogP contribution >= 0.6 is 27.5 Å². The van der Waals surface area contributed by atoms with Gasteiger partial charge in [-0.25, -0.2) is 0 Å². The molecule has 0 heterocycles. The predicted molar refractivity (Wildman–Crippen MR) is 87.1 cm³/mol. The van der Waals surface area contributed by atoms with E-state index >= 15 is 0 Å². The molecule has 2 rings (SSSR count). The second-order valence-corrected chi connectivity index (χ2v) is 6.14. The van der Waals surface area contributed by atoms with Gasteiger partial charge in [0.15, 0.2) is 0 Å². The molecule has 2 unspecified atom stereocenters. The van der Waals surface area contributed by atoms with Gasteiger partial charge in [0.05, 0.1) is 11.1 Å². The fourth-order valence-electron chi connectivity index (χ4n) is 2.28. The molecule has 0 aliphatic rings. The molecule has 3 N–H and O–H groups in total. The summed E-state index contributed by atoms with van der Waals surface area (Å²) in [5.41, 5.74) is 8.83. The first kappa shape index (κ1) is 15.5. The lowest BCUT2D eigenvalue weighted by molar-refractivity contribution is 0.147. The van der Waals surface area contributed by atoms with Crippen LogP contribution < -0.4 is 5.73 Å².